The predicted octanol–water partition coefficient (Wildman–Crippen LogP) is 6.44. The first-order valence-electron chi connectivity index (χ1n) is 11.2. The van der Waals surface area contributed by atoms with Crippen molar-refractivity contribution in [3.05, 3.63) is 59.7 Å². The molecule has 1 heterocycles. The summed E-state index contributed by atoms with van der Waals surface area (Å²) in [6.07, 6.45) is 9.25. The summed E-state index contributed by atoms with van der Waals surface area (Å²) in [7, 11) is 1.75. The van der Waals surface area contributed by atoms with Crippen LogP contribution >= 0.6 is 0 Å². The van der Waals surface area contributed by atoms with Gasteiger partial charge in [0.05, 0.1) is 12.8 Å². The molecule has 0 atom stereocenters. The van der Waals surface area contributed by atoms with E-state index in [0.29, 0.717) is 12.2 Å². The van der Waals surface area contributed by atoms with Gasteiger partial charge in [0, 0.05) is 25.1 Å². The van der Waals surface area contributed by atoms with Crippen LogP contribution in [0.25, 0.3) is 0 Å². The van der Waals surface area contributed by atoms with Crippen molar-refractivity contribution >= 4 is 11.5 Å². The van der Waals surface area contributed by atoms with Crippen molar-refractivity contribution in [2.45, 2.75) is 58.3 Å². The third-order valence-corrected chi connectivity index (χ3v) is 6.25. The highest BCUT2D eigenvalue weighted by Crippen LogP contribution is 2.32. The molecule has 29 heavy (non-hydrogen) atoms. The van der Waals surface area contributed by atoms with Gasteiger partial charge < -0.3 is 9.64 Å². The number of Topliss-reactive ketones (excluding diaryl/α,β-unsaturated/α-hetero) is 1. The zero-order valence-electron chi connectivity index (χ0n) is 18.0. The summed E-state index contributed by atoms with van der Waals surface area (Å²) >= 11 is 0. The lowest BCUT2D eigenvalue weighted by molar-refractivity contribution is 0.0978. The normalized spacial score (nSPS) is 14.8. The van der Waals surface area contributed by atoms with E-state index in [9.17, 15) is 4.79 Å². The maximum atomic E-state index is 12.3. The van der Waals surface area contributed by atoms with E-state index in [2.05, 4.69) is 17.0 Å². The van der Waals surface area contributed by atoms with Gasteiger partial charge in [-0.05, 0) is 49.8 Å². The molecule has 0 amide bonds. The number of para-hydroxylation sites is 2. The van der Waals surface area contributed by atoms with E-state index in [1.807, 2.05) is 43.3 Å². The Morgan fingerprint density at radius 1 is 0.966 bits per heavy atom. The number of nitrogens with zero attached hydrogens (tertiary/aromatic N) is 1. The molecule has 1 aliphatic rings. The lowest BCUT2D eigenvalue weighted by Gasteiger charge is -2.34. The zero-order valence-corrected chi connectivity index (χ0v) is 18.0. The molecule has 0 unspecified atom stereocenters. The maximum Gasteiger partial charge on any atom is 0.163 e. The fourth-order valence-corrected chi connectivity index (χ4v) is 4.45. The summed E-state index contributed by atoms with van der Waals surface area (Å²) < 4.78 is 5.51. The molecule has 0 aliphatic carbocycles. The van der Waals surface area contributed by atoms with Crippen molar-refractivity contribution in [1.82, 2.24) is 0 Å². The molecule has 0 spiro atoms. The number of hydrogen-bond acceptors (Lipinski definition) is 3. The molecule has 0 saturated carbocycles. The largest absolute Gasteiger partial charge is 0.495 e. The molecule has 0 aromatic heterocycles. The van der Waals surface area contributed by atoms with Crippen molar-refractivity contribution in [2.24, 2.45) is 5.92 Å². The number of carbonyl (C=O) groups excluding carboxylic acids is 1. The Balaban J connectivity index is 1.29. The second-order valence-corrected chi connectivity index (χ2v) is 8.29. The second kappa shape index (κ2) is 11.0. The van der Waals surface area contributed by atoms with Crippen molar-refractivity contribution < 1.29 is 9.53 Å². The Morgan fingerprint density at radius 2 is 1.66 bits per heavy atom. The van der Waals surface area contributed by atoms with Crippen LogP contribution in [-0.4, -0.2) is 26.0 Å². The van der Waals surface area contributed by atoms with Gasteiger partial charge in [-0.15, -0.1) is 0 Å². The molecule has 3 heteroatoms. The van der Waals surface area contributed by atoms with Gasteiger partial charge in [0.1, 0.15) is 5.75 Å². The number of unbranched alkanes of at least 4 members (excludes halogenated alkanes) is 3. The maximum absolute atomic E-state index is 12.3. The van der Waals surface area contributed by atoms with Crippen LogP contribution in [0, 0.1) is 12.8 Å². The molecule has 1 aliphatic heterocycles. The highest BCUT2D eigenvalue weighted by molar-refractivity contribution is 5.97. The fraction of sp³-hybridized carbons (Fsp3) is 0.500. The fourth-order valence-electron chi connectivity index (χ4n) is 4.45. The minimum atomic E-state index is 0.298. The number of carbonyl (C=O) groups is 1. The number of ketones is 1. The third-order valence-electron chi connectivity index (χ3n) is 6.25. The number of rotatable bonds is 10. The predicted molar refractivity (Wildman–Crippen MR) is 121 cm³/mol. The number of piperidine rings is 1. The number of ether oxygens (including phenoxy) is 1. The van der Waals surface area contributed by atoms with Crippen LogP contribution in [0.3, 0.4) is 0 Å². The molecule has 3 rings (SSSR count). The van der Waals surface area contributed by atoms with Crippen LogP contribution in [0.5, 0.6) is 5.75 Å². The van der Waals surface area contributed by atoms with Crippen LogP contribution in [0.2, 0.25) is 0 Å². The summed E-state index contributed by atoms with van der Waals surface area (Å²) in [4.78, 5) is 14.8. The Labute approximate surface area is 176 Å². The van der Waals surface area contributed by atoms with Gasteiger partial charge in [-0.3, -0.25) is 4.79 Å². The Morgan fingerprint density at radius 3 is 2.41 bits per heavy atom. The molecule has 2 aromatic rings. The molecule has 3 nitrogen and oxygen atoms in total. The van der Waals surface area contributed by atoms with Crippen molar-refractivity contribution in [3.63, 3.8) is 0 Å². The summed E-state index contributed by atoms with van der Waals surface area (Å²) in [5, 5.41) is 0. The molecule has 1 saturated heterocycles. The average Bonchev–Trinajstić information content (AvgIpc) is 2.76. The van der Waals surface area contributed by atoms with Gasteiger partial charge in [0.15, 0.2) is 5.78 Å². The highest BCUT2D eigenvalue weighted by atomic mass is 16.5. The quantitative estimate of drug-likeness (QED) is 0.343. The first-order chi connectivity index (χ1) is 14.2. The van der Waals surface area contributed by atoms with E-state index in [4.69, 9.17) is 4.74 Å². The van der Waals surface area contributed by atoms with Gasteiger partial charge >= 0.3 is 0 Å². The average molecular weight is 394 g/mol. The summed E-state index contributed by atoms with van der Waals surface area (Å²) in [6, 6.07) is 16.3. The Bertz CT molecular complexity index is 778. The molecule has 1 fully saturated rings. The smallest absolute Gasteiger partial charge is 0.163 e. The minimum Gasteiger partial charge on any atom is -0.495 e. The monoisotopic (exact) mass is 393 g/mol. The number of hydrogen-bond donors (Lipinski definition) is 0. The molecule has 2 aromatic carbocycles. The molecule has 0 radical (unpaired) electrons. The third kappa shape index (κ3) is 6.09. The summed E-state index contributed by atoms with van der Waals surface area (Å²) in [6.45, 7) is 4.26. The summed E-state index contributed by atoms with van der Waals surface area (Å²) in [5.74, 6) is 2.12. The van der Waals surface area contributed by atoms with Gasteiger partial charge in [0.2, 0.25) is 0 Å². The number of benzene rings is 2. The molecule has 156 valence electrons. The van der Waals surface area contributed by atoms with E-state index in [1.54, 1.807) is 7.11 Å². The Kier molecular flexibility index (Phi) is 8.15. The number of anilines is 1. The van der Waals surface area contributed by atoms with E-state index >= 15 is 0 Å². The standard InChI is InChI=1S/C26H35NO2/c1-21-11-7-8-13-23(21)25(28)15-6-4-3-5-12-22-17-19-27(20-18-22)24-14-9-10-16-26(24)29-2/h7-11,13-14,16,22H,3-6,12,15,17-20H2,1-2H3. The number of methoxy groups -OCH3 is 1. The highest BCUT2D eigenvalue weighted by Gasteiger charge is 2.21. The summed E-state index contributed by atoms with van der Waals surface area (Å²) in [5.41, 5.74) is 3.22. The van der Waals surface area contributed by atoms with Crippen LogP contribution < -0.4 is 9.64 Å². The van der Waals surface area contributed by atoms with Crippen LogP contribution in [0.1, 0.15) is 67.3 Å². The lowest BCUT2D eigenvalue weighted by atomic mass is 9.90. The van der Waals surface area contributed by atoms with Crippen LogP contribution in [0.15, 0.2) is 48.5 Å². The SMILES string of the molecule is COc1ccccc1N1CCC(CCCCCCC(=O)c2ccccc2C)CC1. The molecular formula is C26H35NO2. The zero-order chi connectivity index (χ0) is 20.5. The van der Waals surface area contributed by atoms with Gasteiger partial charge in [-0.1, -0.05) is 62.1 Å². The van der Waals surface area contributed by atoms with Gasteiger partial charge in [-0.25, -0.2) is 0 Å². The van der Waals surface area contributed by atoms with Crippen LogP contribution in [-0.2, 0) is 0 Å². The van der Waals surface area contributed by atoms with E-state index in [0.717, 1.165) is 48.7 Å². The van der Waals surface area contributed by atoms with Gasteiger partial charge in [0.25, 0.3) is 0 Å². The van der Waals surface area contributed by atoms with Crippen LogP contribution in [0.4, 0.5) is 5.69 Å². The minimum absolute atomic E-state index is 0.298. The lowest BCUT2D eigenvalue weighted by Crippen LogP contribution is -2.33. The van der Waals surface area contributed by atoms with Crippen molar-refractivity contribution in [1.29, 1.82) is 0 Å². The van der Waals surface area contributed by atoms with E-state index in [1.165, 1.54) is 37.8 Å². The first kappa shape index (κ1) is 21.4. The second-order valence-electron chi connectivity index (χ2n) is 8.29. The number of aryl methyl sites for hydroxylation is 1. The van der Waals surface area contributed by atoms with Crippen molar-refractivity contribution in [3.8, 4) is 5.75 Å². The van der Waals surface area contributed by atoms with Gasteiger partial charge in [-0.2, -0.15) is 0 Å². The van der Waals surface area contributed by atoms with E-state index in [-0.39, 0.29) is 0 Å². The molecule has 0 bridgehead atoms. The molecular weight excluding hydrogens is 358 g/mol. The van der Waals surface area contributed by atoms with E-state index < -0.39 is 0 Å². The topological polar surface area (TPSA) is 29.5 Å². The Hall–Kier alpha value is -2.29. The molecule has 0 N–H and O–H groups in total. The van der Waals surface area contributed by atoms with Crippen molar-refractivity contribution in [2.75, 3.05) is 25.1 Å². The first-order valence-corrected chi connectivity index (χ1v) is 11.2.